The van der Waals surface area contributed by atoms with Crippen molar-refractivity contribution in [3.63, 3.8) is 0 Å². The molecule has 0 unspecified atom stereocenters. The Hall–Kier alpha value is -2.48. The maximum Gasteiger partial charge on any atom is 0.270 e. The van der Waals surface area contributed by atoms with E-state index in [0.29, 0.717) is 40.8 Å². The van der Waals surface area contributed by atoms with Crippen LogP contribution in [0.15, 0.2) is 29.7 Å². The molecule has 1 amide bonds. The number of hydrogen-bond donors (Lipinski definition) is 1. The molecule has 1 aliphatic rings. The highest BCUT2D eigenvalue weighted by atomic mass is 32.2. The van der Waals surface area contributed by atoms with Crippen LogP contribution in [-0.2, 0) is 14.8 Å². The molecule has 1 aliphatic heterocycles. The summed E-state index contributed by atoms with van der Waals surface area (Å²) in [7, 11) is -1.07. The largest absolute Gasteiger partial charge is 0.493 e. The Kier molecular flexibility index (Phi) is 8.56. The summed E-state index contributed by atoms with van der Waals surface area (Å²) in [5.41, 5.74) is 1.42. The molecule has 1 heterocycles. The third-order valence-corrected chi connectivity index (χ3v) is 7.59. The molecule has 2 rings (SSSR count). The molecular weight excluding hydrogens is 416 g/mol. The van der Waals surface area contributed by atoms with E-state index < -0.39 is 15.9 Å². The molecule has 0 saturated heterocycles. The minimum Gasteiger partial charge on any atom is -0.493 e. The van der Waals surface area contributed by atoms with Crippen molar-refractivity contribution in [1.82, 2.24) is 5.32 Å². The van der Waals surface area contributed by atoms with Crippen LogP contribution in [0, 0.1) is 5.92 Å². The molecule has 0 radical (unpaired) electrons. The number of unbranched alkanes of at least 4 members (excludes halogenated alkanes) is 1. The standard InChI is InChI=1S/C23H34N2O5S/c1-7-10-11-17(9-3)15-24-23(26)22-16(4)18-13-20(29-5)21(30-6)14-19(18)25(12-8-2)31(22,27)28/h8,13-14,17H,2,7,9-12,15H2,1,3-6H3,(H,24,26)/t17-/m0/s1. The van der Waals surface area contributed by atoms with Crippen LogP contribution in [0.25, 0.3) is 5.57 Å². The molecule has 0 bridgehead atoms. The molecule has 1 aromatic rings. The highest BCUT2D eigenvalue weighted by Crippen LogP contribution is 2.44. The summed E-state index contributed by atoms with van der Waals surface area (Å²) in [5, 5.41) is 2.86. The first-order valence-electron chi connectivity index (χ1n) is 10.7. The van der Waals surface area contributed by atoms with Crippen molar-refractivity contribution in [2.24, 2.45) is 5.92 Å². The fraction of sp³-hybridized carbons (Fsp3) is 0.522. The monoisotopic (exact) mass is 450 g/mol. The smallest absolute Gasteiger partial charge is 0.270 e. The molecule has 1 aromatic carbocycles. The number of benzene rings is 1. The zero-order valence-corrected chi connectivity index (χ0v) is 20.0. The number of anilines is 1. The summed E-state index contributed by atoms with van der Waals surface area (Å²) in [6.45, 7) is 10.0. The summed E-state index contributed by atoms with van der Waals surface area (Å²) in [4.78, 5) is 12.9. The summed E-state index contributed by atoms with van der Waals surface area (Å²) in [6, 6.07) is 3.32. The Labute approximate surface area is 186 Å². The van der Waals surface area contributed by atoms with Gasteiger partial charge in [-0.15, -0.1) is 6.58 Å². The second-order valence-electron chi connectivity index (χ2n) is 7.63. The lowest BCUT2D eigenvalue weighted by molar-refractivity contribution is -0.117. The lowest BCUT2D eigenvalue weighted by Gasteiger charge is -2.32. The SMILES string of the molecule is C=CCN1c2cc(OC)c(OC)cc2C(C)=C(C(=O)NC[C@@H](CC)CCCC)S1(=O)=O. The first-order valence-corrected chi connectivity index (χ1v) is 12.1. The fourth-order valence-corrected chi connectivity index (χ4v) is 5.53. The van der Waals surface area contributed by atoms with Crippen LogP contribution < -0.4 is 19.1 Å². The van der Waals surface area contributed by atoms with E-state index in [9.17, 15) is 13.2 Å². The predicted octanol–water partition coefficient (Wildman–Crippen LogP) is 4.10. The van der Waals surface area contributed by atoms with Crippen molar-refractivity contribution in [2.45, 2.75) is 46.5 Å². The number of allylic oxidation sites excluding steroid dienone is 1. The number of sulfonamides is 1. The van der Waals surface area contributed by atoms with Crippen molar-refractivity contribution < 1.29 is 22.7 Å². The van der Waals surface area contributed by atoms with E-state index in [-0.39, 0.29) is 11.4 Å². The molecule has 0 aliphatic carbocycles. The number of nitrogens with zero attached hydrogens (tertiary/aromatic N) is 1. The number of carbonyl (C=O) groups excluding carboxylic acids is 1. The molecule has 31 heavy (non-hydrogen) atoms. The van der Waals surface area contributed by atoms with E-state index in [1.165, 1.54) is 24.6 Å². The molecule has 0 aromatic heterocycles. The van der Waals surface area contributed by atoms with Gasteiger partial charge in [0.25, 0.3) is 15.9 Å². The van der Waals surface area contributed by atoms with Crippen molar-refractivity contribution in [1.29, 1.82) is 0 Å². The van der Waals surface area contributed by atoms with Crippen molar-refractivity contribution in [2.75, 3.05) is 31.6 Å². The Bertz CT molecular complexity index is 953. The summed E-state index contributed by atoms with van der Waals surface area (Å²) in [5.74, 6) is 0.607. The van der Waals surface area contributed by atoms with Gasteiger partial charge in [0.15, 0.2) is 16.4 Å². The van der Waals surface area contributed by atoms with Gasteiger partial charge in [-0.2, -0.15) is 0 Å². The highest BCUT2D eigenvalue weighted by molar-refractivity contribution is 7.97. The number of ether oxygens (including phenoxy) is 2. The average molecular weight is 451 g/mol. The molecule has 172 valence electrons. The maximum absolute atomic E-state index is 13.4. The molecule has 0 saturated carbocycles. The Balaban J connectivity index is 2.53. The fourth-order valence-electron chi connectivity index (χ4n) is 3.79. The minimum atomic E-state index is -4.07. The van der Waals surface area contributed by atoms with Crippen LogP contribution in [0.4, 0.5) is 5.69 Å². The molecule has 1 N–H and O–H groups in total. The number of fused-ring (bicyclic) bond motifs is 1. The predicted molar refractivity (Wildman–Crippen MR) is 125 cm³/mol. The van der Waals surface area contributed by atoms with Gasteiger partial charge in [0, 0.05) is 18.2 Å². The summed E-state index contributed by atoms with van der Waals surface area (Å²) < 4.78 is 38.8. The molecule has 0 fully saturated rings. The average Bonchev–Trinajstić information content (AvgIpc) is 2.75. The summed E-state index contributed by atoms with van der Waals surface area (Å²) in [6.07, 6.45) is 5.58. The van der Waals surface area contributed by atoms with Crippen LogP contribution in [0.5, 0.6) is 11.5 Å². The zero-order chi connectivity index (χ0) is 23.2. The minimum absolute atomic E-state index is 0.0307. The second kappa shape index (κ2) is 10.7. The topological polar surface area (TPSA) is 84.9 Å². The number of hydrogen-bond acceptors (Lipinski definition) is 5. The van der Waals surface area contributed by atoms with Gasteiger partial charge in [-0.3, -0.25) is 9.10 Å². The van der Waals surface area contributed by atoms with Gasteiger partial charge in [0.2, 0.25) is 0 Å². The lowest BCUT2D eigenvalue weighted by atomic mass is 9.99. The number of carbonyl (C=O) groups is 1. The highest BCUT2D eigenvalue weighted by Gasteiger charge is 2.39. The van der Waals surface area contributed by atoms with Gasteiger partial charge in [-0.1, -0.05) is 39.2 Å². The quantitative estimate of drug-likeness (QED) is 0.513. The van der Waals surface area contributed by atoms with Crippen molar-refractivity contribution in [3.8, 4) is 11.5 Å². The molecular formula is C23H34N2O5S. The van der Waals surface area contributed by atoms with E-state index in [4.69, 9.17) is 9.47 Å². The number of methoxy groups -OCH3 is 2. The third kappa shape index (κ3) is 5.06. The summed E-state index contributed by atoms with van der Waals surface area (Å²) >= 11 is 0. The number of rotatable bonds is 11. The van der Waals surface area contributed by atoms with Gasteiger partial charge in [-0.05, 0) is 30.9 Å². The zero-order valence-electron chi connectivity index (χ0n) is 19.2. The van der Waals surface area contributed by atoms with Gasteiger partial charge in [0.05, 0.1) is 26.5 Å². The van der Waals surface area contributed by atoms with Crippen LogP contribution in [0.1, 0.15) is 52.0 Å². The van der Waals surface area contributed by atoms with E-state index in [0.717, 1.165) is 25.7 Å². The maximum atomic E-state index is 13.4. The Morgan fingerprint density at radius 3 is 2.42 bits per heavy atom. The van der Waals surface area contributed by atoms with E-state index in [2.05, 4.69) is 25.7 Å². The number of amides is 1. The molecule has 7 nitrogen and oxygen atoms in total. The van der Waals surface area contributed by atoms with Crippen LogP contribution in [-0.4, -0.2) is 41.6 Å². The van der Waals surface area contributed by atoms with Gasteiger partial charge in [0.1, 0.15) is 0 Å². The van der Waals surface area contributed by atoms with Crippen molar-refractivity contribution >= 4 is 27.2 Å². The Morgan fingerprint density at radius 2 is 1.87 bits per heavy atom. The van der Waals surface area contributed by atoms with Crippen LogP contribution in [0.2, 0.25) is 0 Å². The Morgan fingerprint density at radius 1 is 1.23 bits per heavy atom. The van der Waals surface area contributed by atoms with Crippen molar-refractivity contribution in [3.05, 3.63) is 35.3 Å². The molecule has 0 spiro atoms. The first-order chi connectivity index (χ1) is 14.8. The lowest BCUT2D eigenvalue weighted by Crippen LogP contribution is -2.42. The van der Waals surface area contributed by atoms with E-state index in [1.807, 2.05) is 0 Å². The molecule has 1 atom stereocenters. The van der Waals surface area contributed by atoms with Gasteiger partial charge < -0.3 is 14.8 Å². The number of nitrogens with one attached hydrogen (secondary N) is 1. The van der Waals surface area contributed by atoms with Gasteiger partial charge in [-0.25, -0.2) is 8.42 Å². The van der Waals surface area contributed by atoms with Crippen LogP contribution in [0.3, 0.4) is 0 Å². The van der Waals surface area contributed by atoms with E-state index in [1.54, 1.807) is 19.1 Å². The van der Waals surface area contributed by atoms with E-state index >= 15 is 0 Å². The third-order valence-electron chi connectivity index (χ3n) is 5.66. The first kappa shape index (κ1) is 24.8. The van der Waals surface area contributed by atoms with Crippen LogP contribution >= 0.6 is 0 Å². The van der Waals surface area contributed by atoms with Gasteiger partial charge >= 0.3 is 0 Å². The second-order valence-corrected chi connectivity index (χ2v) is 9.43. The molecule has 8 heteroatoms. The normalized spacial score (nSPS) is 15.8.